The van der Waals surface area contributed by atoms with Gasteiger partial charge in [-0.15, -0.1) is 12.4 Å². The Morgan fingerprint density at radius 3 is 2.41 bits per heavy atom. The monoisotopic (exact) mass is 423 g/mol. The molecule has 0 atom stereocenters. The number of hydrogen-bond donors (Lipinski definition) is 2. The first-order valence-corrected chi connectivity index (χ1v) is 10.4. The third kappa shape index (κ3) is 7.17. The van der Waals surface area contributed by atoms with Crippen LogP contribution in [0, 0.1) is 5.92 Å². The van der Waals surface area contributed by atoms with Crippen molar-refractivity contribution in [3.63, 3.8) is 0 Å². The first-order valence-electron chi connectivity index (χ1n) is 10.4. The average Bonchev–Trinajstić information content (AvgIpc) is 2.74. The molecule has 2 heterocycles. The van der Waals surface area contributed by atoms with Gasteiger partial charge >= 0.3 is 6.03 Å². The van der Waals surface area contributed by atoms with E-state index >= 15 is 0 Å². The van der Waals surface area contributed by atoms with E-state index in [0.29, 0.717) is 26.2 Å². The van der Waals surface area contributed by atoms with E-state index in [-0.39, 0.29) is 30.3 Å². The van der Waals surface area contributed by atoms with Crippen LogP contribution in [0.5, 0.6) is 0 Å². The van der Waals surface area contributed by atoms with Crippen molar-refractivity contribution < 1.29 is 9.59 Å². The Kier molecular flexibility index (Phi) is 9.70. The van der Waals surface area contributed by atoms with Gasteiger partial charge in [-0.2, -0.15) is 0 Å². The van der Waals surface area contributed by atoms with E-state index in [2.05, 4.69) is 15.5 Å². The zero-order chi connectivity index (χ0) is 19.8. The summed E-state index contributed by atoms with van der Waals surface area (Å²) in [6.45, 7) is 7.67. The van der Waals surface area contributed by atoms with Gasteiger partial charge in [0, 0.05) is 71.9 Å². The van der Waals surface area contributed by atoms with Crippen LogP contribution in [0.1, 0.15) is 18.4 Å². The molecular formula is C21H34ClN5O2. The lowest BCUT2D eigenvalue weighted by Gasteiger charge is -2.34. The van der Waals surface area contributed by atoms with Crippen LogP contribution in [0.2, 0.25) is 0 Å². The molecule has 2 aliphatic heterocycles. The summed E-state index contributed by atoms with van der Waals surface area (Å²) in [7, 11) is 1.84. The fraction of sp³-hybridized carbons (Fsp3) is 0.619. The minimum Gasteiger partial charge on any atom is -0.355 e. The molecule has 0 saturated carbocycles. The Bertz CT molecular complexity index is 631. The van der Waals surface area contributed by atoms with E-state index < -0.39 is 0 Å². The summed E-state index contributed by atoms with van der Waals surface area (Å²) in [5.41, 5.74) is 1.12. The summed E-state index contributed by atoms with van der Waals surface area (Å²) in [4.78, 5) is 31.1. The smallest absolute Gasteiger partial charge is 0.320 e. The van der Waals surface area contributed by atoms with Gasteiger partial charge < -0.3 is 20.4 Å². The molecule has 7 nitrogen and oxygen atoms in total. The summed E-state index contributed by atoms with van der Waals surface area (Å²) >= 11 is 0. The number of benzene rings is 1. The number of urea groups is 1. The number of carbonyl (C=O) groups excluding carboxylic acids is 2. The number of nitrogens with one attached hydrogen (secondary N) is 2. The number of amides is 3. The second-order valence-electron chi connectivity index (χ2n) is 7.77. The fourth-order valence-corrected chi connectivity index (χ4v) is 3.92. The number of halogens is 1. The molecule has 0 aromatic heterocycles. The fourth-order valence-electron chi connectivity index (χ4n) is 3.92. The van der Waals surface area contributed by atoms with Crippen LogP contribution in [0.25, 0.3) is 0 Å². The van der Waals surface area contributed by atoms with Crippen molar-refractivity contribution in [2.75, 3.05) is 59.4 Å². The van der Waals surface area contributed by atoms with Gasteiger partial charge in [0.25, 0.3) is 0 Å². The average molecular weight is 424 g/mol. The van der Waals surface area contributed by atoms with Gasteiger partial charge in [-0.3, -0.25) is 9.69 Å². The molecule has 162 valence electrons. The van der Waals surface area contributed by atoms with Gasteiger partial charge in [0.15, 0.2) is 0 Å². The molecule has 2 saturated heterocycles. The van der Waals surface area contributed by atoms with E-state index in [9.17, 15) is 9.59 Å². The molecule has 29 heavy (non-hydrogen) atoms. The molecule has 0 bridgehead atoms. The van der Waals surface area contributed by atoms with Crippen LogP contribution < -0.4 is 10.6 Å². The molecule has 8 heteroatoms. The predicted molar refractivity (Wildman–Crippen MR) is 117 cm³/mol. The van der Waals surface area contributed by atoms with E-state index in [1.807, 2.05) is 42.3 Å². The summed E-state index contributed by atoms with van der Waals surface area (Å²) < 4.78 is 0. The zero-order valence-corrected chi connectivity index (χ0v) is 18.1. The van der Waals surface area contributed by atoms with Crippen molar-refractivity contribution in [3.8, 4) is 0 Å². The molecule has 1 aromatic rings. The van der Waals surface area contributed by atoms with Gasteiger partial charge in [-0.25, -0.2) is 4.79 Å². The van der Waals surface area contributed by atoms with Gasteiger partial charge in [0.1, 0.15) is 0 Å². The highest BCUT2D eigenvalue weighted by atomic mass is 35.5. The Balaban J connectivity index is 0.00000300. The summed E-state index contributed by atoms with van der Waals surface area (Å²) in [5, 5.41) is 6.42. The van der Waals surface area contributed by atoms with Crippen molar-refractivity contribution in [1.82, 2.24) is 25.3 Å². The summed E-state index contributed by atoms with van der Waals surface area (Å²) in [6.07, 6.45) is 1.48. The maximum absolute atomic E-state index is 12.7. The first-order chi connectivity index (χ1) is 13.6. The van der Waals surface area contributed by atoms with Crippen LogP contribution >= 0.6 is 12.4 Å². The highest BCUT2D eigenvalue weighted by Gasteiger charge is 2.28. The molecular weight excluding hydrogens is 390 g/mol. The second kappa shape index (κ2) is 12.0. The van der Waals surface area contributed by atoms with Gasteiger partial charge in [0.05, 0.1) is 0 Å². The minimum absolute atomic E-state index is 0. The molecule has 2 fully saturated rings. The predicted octanol–water partition coefficient (Wildman–Crippen LogP) is 1.39. The van der Waals surface area contributed by atoms with Crippen molar-refractivity contribution in [1.29, 1.82) is 0 Å². The molecule has 3 amide bonds. The highest BCUT2D eigenvalue weighted by molar-refractivity contribution is 5.85. The quantitative estimate of drug-likeness (QED) is 0.725. The van der Waals surface area contributed by atoms with Crippen LogP contribution in [0.15, 0.2) is 30.3 Å². The number of rotatable bonds is 6. The van der Waals surface area contributed by atoms with Crippen molar-refractivity contribution in [2.24, 2.45) is 5.92 Å². The van der Waals surface area contributed by atoms with Gasteiger partial charge in [-0.05, 0) is 18.4 Å². The summed E-state index contributed by atoms with van der Waals surface area (Å²) in [6, 6.07) is 10.0. The van der Waals surface area contributed by atoms with Crippen LogP contribution in [0.3, 0.4) is 0 Å². The normalized spacial score (nSPS) is 18.0. The third-order valence-electron chi connectivity index (χ3n) is 5.66. The minimum atomic E-state index is 0. The van der Waals surface area contributed by atoms with Crippen molar-refractivity contribution in [2.45, 2.75) is 19.4 Å². The maximum atomic E-state index is 12.7. The molecule has 1 aromatic carbocycles. The van der Waals surface area contributed by atoms with Gasteiger partial charge in [0.2, 0.25) is 5.91 Å². The number of likely N-dealkylation sites (tertiary alicyclic amines) is 1. The van der Waals surface area contributed by atoms with E-state index in [1.165, 1.54) is 0 Å². The number of piperidine rings is 1. The molecule has 2 aliphatic rings. The van der Waals surface area contributed by atoms with Crippen molar-refractivity contribution >= 4 is 24.3 Å². The third-order valence-corrected chi connectivity index (χ3v) is 5.66. The molecule has 2 N–H and O–H groups in total. The number of piperazine rings is 1. The standard InChI is InChI=1S/C21H33N5O2.ClH/c1-24(17-18-5-3-2-4-6-18)21(28)26-12-7-19(8-13-26)20(27)23-11-16-25-14-9-22-10-15-25;/h2-6,19,22H,7-17H2,1H3,(H,23,27);1H. The molecule has 0 radical (unpaired) electrons. The molecule has 0 aliphatic carbocycles. The number of carbonyl (C=O) groups is 2. The topological polar surface area (TPSA) is 67.9 Å². The lowest BCUT2D eigenvalue weighted by molar-refractivity contribution is -0.126. The Hall–Kier alpha value is -1.83. The molecule has 3 rings (SSSR count). The van der Waals surface area contributed by atoms with Crippen LogP contribution in [-0.2, 0) is 11.3 Å². The van der Waals surface area contributed by atoms with E-state index in [0.717, 1.165) is 51.1 Å². The first kappa shape index (κ1) is 23.4. The Morgan fingerprint density at radius 1 is 1.10 bits per heavy atom. The van der Waals surface area contributed by atoms with Crippen LogP contribution in [-0.4, -0.2) is 86.0 Å². The Labute approximate surface area is 180 Å². The number of nitrogens with zero attached hydrogens (tertiary/aromatic N) is 3. The lowest BCUT2D eigenvalue weighted by Crippen LogP contribution is -2.49. The largest absolute Gasteiger partial charge is 0.355 e. The van der Waals surface area contributed by atoms with Crippen molar-refractivity contribution in [3.05, 3.63) is 35.9 Å². The highest BCUT2D eigenvalue weighted by Crippen LogP contribution is 2.19. The SMILES string of the molecule is CN(Cc1ccccc1)C(=O)N1CCC(C(=O)NCCN2CCNCC2)CC1.Cl. The molecule has 0 unspecified atom stereocenters. The lowest BCUT2D eigenvalue weighted by atomic mass is 9.96. The zero-order valence-electron chi connectivity index (χ0n) is 17.3. The van der Waals surface area contributed by atoms with Crippen LogP contribution in [0.4, 0.5) is 4.79 Å². The number of hydrogen-bond acceptors (Lipinski definition) is 4. The van der Waals surface area contributed by atoms with Gasteiger partial charge in [-0.1, -0.05) is 30.3 Å². The Morgan fingerprint density at radius 2 is 1.76 bits per heavy atom. The van der Waals surface area contributed by atoms with E-state index in [4.69, 9.17) is 0 Å². The second-order valence-corrected chi connectivity index (χ2v) is 7.77. The van der Waals surface area contributed by atoms with E-state index in [1.54, 1.807) is 4.90 Å². The maximum Gasteiger partial charge on any atom is 0.320 e. The molecule has 0 spiro atoms. The summed E-state index contributed by atoms with van der Waals surface area (Å²) in [5.74, 6) is 0.159.